The van der Waals surface area contributed by atoms with Crippen molar-refractivity contribution in [2.24, 2.45) is 0 Å². The maximum absolute atomic E-state index is 14.8. The van der Waals surface area contributed by atoms with Crippen LogP contribution >= 0.6 is 23.4 Å². The van der Waals surface area contributed by atoms with Gasteiger partial charge >= 0.3 is 0 Å². The summed E-state index contributed by atoms with van der Waals surface area (Å²) in [4.78, 5) is 27.2. The Morgan fingerprint density at radius 3 is 2.79 bits per heavy atom. The smallest absolute Gasteiger partial charge is 0.257 e. The van der Waals surface area contributed by atoms with Gasteiger partial charge in [-0.25, -0.2) is 4.39 Å². The van der Waals surface area contributed by atoms with Gasteiger partial charge in [0.2, 0.25) is 0 Å². The number of ether oxygens (including phenoxy) is 1. The number of methoxy groups -OCH3 is 1. The first kappa shape index (κ1) is 23.5. The molecule has 0 bridgehead atoms. The van der Waals surface area contributed by atoms with Crippen LogP contribution < -0.4 is 10.7 Å². The third-order valence-electron chi connectivity index (χ3n) is 5.58. The van der Waals surface area contributed by atoms with Crippen LogP contribution in [0.3, 0.4) is 0 Å². The summed E-state index contributed by atoms with van der Waals surface area (Å²) in [5, 5.41) is 3.05. The SMILES string of the molecule is COCC(C)NC(=O)c1c2n(c(C)cc1=O)-c1ccc(Cl)cc1SC(c1ccccc1F)C2. The van der Waals surface area contributed by atoms with Crippen molar-refractivity contribution in [2.45, 2.75) is 36.5 Å². The summed E-state index contributed by atoms with van der Waals surface area (Å²) >= 11 is 7.77. The van der Waals surface area contributed by atoms with Crippen molar-refractivity contribution in [3.63, 3.8) is 0 Å². The van der Waals surface area contributed by atoms with E-state index >= 15 is 0 Å². The van der Waals surface area contributed by atoms with Gasteiger partial charge in [-0.3, -0.25) is 9.59 Å². The molecular weight excluding hydrogens is 463 g/mol. The lowest BCUT2D eigenvalue weighted by Gasteiger charge is -2.21. The molecule has 1 aromatic heterocycles. The van der Waals surface area contributed by atoms with E-state index in [2.05, 4.69) is 5.32 Å². The predicted molar refractivity (Wildman–Crippen MR) is 129 cm³/mol. The fourth-order valence-electron chi connectivity index (χ4n) is 4.20. The maximum Gasteiger partial charge on any atom is 0.257 e. The van der Waals surface area contributed by atoms with Crippen LogP contribution in [0.4, 0.5) is 4.39 Å². The molecule has 4 rings (SSSR count). The third kappa shape index (κ3) is 4.71. The number of rotatable bonds is 5. The van der Waals surface area contributed by atoms with Gasteiger partial charge in [0.1, 0.15) is 11.4 Å². The number of aromatic nitrogens is 1. The summed E-state index contributed by atoms with van der Waals surface area (Å²) in [7, 11) is 1.55. The van der Waals surface area contributed by atoms with Crippen LogP contribution in [0.15, 0.2) is 58.2 Å². The van der Waals surface area contributed by atoms with Gasteiger partial charge in [-0.2, -0.15) is 0 Å². The van der Waals surface area contributed by atoms with Gasteiger partial charge in [-0.05, 0) is 38.1 Å². The molecular formula is C25H24ClFN2O3S. The van der Waals surface area contributed by atoms with E-state index < -0.39 is 5.91 Å². The summed E-state index contributed by atoms with van der Waals surface area (Å²) in [6.45, 7) is 3.95. The van der Waals surface area contributed by atoms with Gasteiger partial charge in [0, 0.05) is 57.8 Å². The Morgan fingerprint density at radius 2 is 2.06 bits per heavy atom. The molecule has 2 atom stereocenters. The average molecular weight is 487 g/mol. The highest BCUT2D eigenvalue weighted by molar-refractivity contribution is 7.99. The largest absolute Gasteiger partial charge is 0.383 e. The minimum Gasteiger partial charge on any atom is -0.383 e. The van der Waals surface area contributed by atoms with Crippen LogP contribution in [0.1, 0.15) is 39.5 Å². The summed E-state index contributed by atoms with van der Waals surface area (Å²) in [6.07, 6.45) is 0.288. The first-order chi connectivity index (χ1) is 15.8. The van der Waals surface area contributed by atoms with Crippen LogP contribution in [0.2, 0.25) is 5.02 Å². The molecule has 2 aromatic carbocycles. The molecule has 0 spiro atoms. The Hall–Kier alpha value is -2.61. The van der Waals surface area contributed by atoms with Crippen molar-refractivity contribution < 1.29 is 13.9 Å². The van der Waals surface area contributed by atoms with Gasteiger partial charge < -0.3 is 14.6 Å². The zero-order chi connectivity index (χ0) is 23.7. The molecule has 1 aliphatic heterocycles. The van der Waals surface area contributed by atoms with Crippen LogP contribution in [0.25, 0.3) is 5.69 Å². The molecule has 0 aliphatic carbocycles. The zero-order valence-corrected chi connectivity index (χ0v) is 20.1. The predicted octanol–water partition coefficient (Wildman–Crippen LogP) is 5.09. The standard InChI is InChI=1S/C25H24ClFN2O3S/c1-14(13-32-3)28-25(31)24-20-12-22(17-6-4-5-7-18(17)27)33-23-11-16(26)8-9-19(23)29(20)15(2)10-21(24)30/h4-11,14,22H,12-13H2,1-3H3,(H,28,31). The topological polar surface area (TPSA) is 60.3 Å². The number of aryl methyl sites for hydroxylation is 1. The Kier molecular flexibility index (Phi) is 6.93. The van der Waals surface area contributed by atoms with Crippen molar-refractivity contribution in [1.29, 1.82) is 0 Å². The number of hydrogen-bond donors (Lipinski definition) is 1. The van der Waals surface area contributed by atoms with Crippen LogP contribution in [-0.2, 0) is 11.2 Å². The molecule has 1 amide bonds. The Morgan fingerprint density at radius 1 is 1.30 bits per heavy atom. The summed E-state index contributed by atoms with van der Waals surface area (Å²) in [5.41, 5.74) is 2.24. The first-order valence-electron chi connectivity index (χ1n) is 10.6. The van der Waals surface area contributed by atoms with Crippen molar-refractivity contribution in [3.05, 3.63) is 92.1 Å². The first-order valence-corrected chi connectivity index (χ1v) is 11.8. The fourth-order valence-corrected chi connectivity index (χ4v) is 5.78. The Balaban J connectivity index is 1.95. The second-order valence-corrected chi connectivity index (χ2v) is 9.76. The number of nitrogens with zero attached hydrogens (tertiary/aromatic N) is 1. The van der Waals surface area contributed by atoms with E-state index in [-0.39, 0.29) is 34.5 Å². The van der Waals surface area contributed by atoms with Crippen molar-refractivity contribution in [2.75, 3.05) is 13.7 Å². The molecule has 0 saturated carbocycles. The molecule has 0 saturated heterocycles. The fraction of sp³-hybridized carbons (Fsp3) is 0.280. The normalized spacial score (nSPS) is 15.8. The number of pyridine rings is 1. The van der Waals surface area contributed by atoms with Crippen molar-refractivity contribution >= 4 is 29.3 Å². The van der Waals surface area contributed by atoms with E-state index in [0.717, 1.165) is 10.6 Å². The third-order valence-corrected chi connectivity index (χ3v) is 7.10. The number of halogens is 2. The molecule has 2 unspecified atom stereocenters. The number of fused-ring (bicyclic) bond motifs is 3. The molecule has 0 radical (unpaired) electrons. The molecule has 5 nitrogen and oxygen atoms in total. The number of benzene rings is 2. The molecule has 0 fully saturated rings. The molecule has 2 heterocycles. The number of nitrogens with one attached hydrogen (secondary N) is 1. The van der Waals surface area contributed by atoms with E-state index in [9.17, 15) is 14.0 Å². The van der Waals surface area contributed by atoms with Gasteiger partial charge in [0.15, 0.2) is 5.43 Å². The number of amides is 1. The van der Waals surface area contributed by atoms with Crippen LogP contribution in [0, 0.1) is 12.7 Å². The minimum absolute atomic E-state index is 0.0632. The second-order valence-electron chi connectivity index (χ2n) is 8.08. The van der Waals surface area contributed by atoms with E-state index in [1.807, 2.05) is 23.6 Å². The lowest BCUT2D eigenvalue weighted by molar-refractivity contribution is 0.0902. The zero-order valence-electron chi connectivity index (χ0n) is 18.5. The number of hydrogen-bond acceptors (Lipinski definition) is 4. The van der Waals surface area contributed by atoms with Crippen molar-refractivity contribution in [1.82, 2.24) is 9.88 Å². The Labute approximate surface area is 200 Å². The molecule has 1 aliphatic rings. The van der Waals surface area contributed by atoms with Gasteiger partial charge in [0.25, 0.3) is 5.91 Å². The quantitative estimate of drug-likeness (QED) is 0.545. The lowest BCUT2D eigenvalue weighted by atomic mass is 10.0. The van der Waals surface area contributed by atoms with Crippen LogP contribution in [-0.4, -0.2) is 30.2 Å². The minimum atomic E-state index is -0.469. The molecule has 1 N–H and O–H groups in total. The van der Waals surface area contributed by atoms with E-state index in [4.69, 9.17) is 16.3 Å². The molecule has 172 valence electrons. The average Bonchev–Trinajstić information content (AvgIpc) is 2.90. The van der Waals surface area contributed by atoms with Crippen LogP contribution in [0.5, 0.6) is 0 Å². The highest BCUT2D eigenvalue weighted by Gasteiger charge is 2.30. The highest BCUT2D eigenvalue weighted by Crippen LogP contribution is 2.45. The van der Waals surface area contributed by atoms with E-state index in [0.29, 0.717) is 28.6 Å². The van der Waals surface area contributed by atoms with Gasteiger partial charge in [-0.15, -0.1) is 11.8 Å². The highest BCUT2D eigenvalue weighted by atomic mass is 35.5. The summed E-state index contributed by atoms with van der Waals surface area (Å²) < 4.78 is 21.8. The lowest BCUT2D eigenvalue weighted by Crippen LogP contribution is -2.39. The van der Waals surface area contributed by atoms with E-state index in [1.54, 1.807) is 38.3 Å². The summed E-state index contributed by atoms with van der Waals surface area (Å²) in [5.74, 6) is -0.801. The number of carbonyl (C=O) groups is 1. The van der Waals surface area contributed by atoms with Gasteiger partial charge in [-0.1, -0.05) is 29.8 Å². The molecule has 33 heavy (non-hydrogen) atoms. The Bertz CT molecular complexity index is 1280. The number of carbonyl (C=O) groups excluding carboxylic acids is 1. The van der Waals surface area contributed by atoms with Gasteiger partial charge in [0.05, 0.1) is 12.3 Å². The maximum atomic E-state index is 14.8. The number of thioether (sulfide) groups is 1. The summed E-state index contributed by atoms with van der Waals surface area (Å²) in [6, 6.07) is 13.2. The van der Waals surface area contributed by atoms with E-state index in [1.165, 1.54) is 23.9 Å². The second kappa shape index (κ2) is 9.71. The van der Waals surface area contributed by atoms with Crippen molar-refractivity contribution in [3.8, 4) is 5.69 Å². The monoisotopic (exact) mass is 486 g/mol. The molecule has 3 aromatic rings. The molecule has 8 heteroatoms.